The highest BCUT2D eigenvalue weighted by Gasteiger charge is 2.21. The van der Waals surface area contributed by atoms with Crippen molar-refractivity contribution in [1.29, 1.82) is 0 Å². The van der Waals surface area contributed by atoms with Crippen molar-refractivity contribution in [2.24, 2.45) is 0 Å². The molecule has 2 aromatic rings. The second kappa shape index (κ2) is 8.28. The first-order valence-electron chi connectivity index (χ1n) is 7.91. The minimum Gasteiger partial charge on any atom is -0.480 e. The van der Waals surface area contributed by atoms with Crippen LogP contribution in [0.4, 0.5) is 10.1 Å². The predicted molar refractivity (Wildman–Crippen MR) is 93.9 cm³/mol. The summed E-state index contributed by atoms with van der Waals surface area (Å²) in [5, 5.41) is 9.11. The lowest BCUT2D eigenvalue weighted by molar-refractivity contribution is -0.135. The van der Waals surface area contributed by atoms with E-state index in [4.69, 9.17) is 5.11 Å². The molecule has 0 aliphatic carbocycles. The third-order valence-corrected chi connectivity index (χ3v) is 4.10. The molecule has 1 amide bonds. The fourth-order valence-corrected chi connectivity index (χ4v) is 2.50. The van der Waals surface area contributed by atoms with Gasteiger partial charge in [-0.15, -0.1) is 0 Å². The number of carboxylic acid groups (broad SMARTS) is 1. The van der Waals surface area contributed by atoms with Crippen LogP contribution < -0.4 is 4.90 Å². The summed E-state index contributed by atoms with van der Waals surface area (Å²) in [6, 6.07) is 14.7. The molecule has 0 aromatic heterocycles. The SMILES string of the molecule is CC(c1ccc(F)cc1)N(C)C(=O)CN(CC(=O)O)c1ccccc1. The van der Waals surface area contributed by atoms with Gasteiger partial charge in [0.15, 0.2) is 0 Å². The molecule has 0 spiro atoms. The maximum absolute atomic E-state index is 13.0. The Morgan fingerprint density at radius 2 is 1.64 bits per heavy atom. The van der Waals surface area contributed by atoms with Crippen molar-refractivity contribution in [1.82, 2.24) is 4.90 Å². The number of carbonyl (C=O) groups excluding carboxylic acids is 1. The Hall–Kier alpha value is -2.89. The normalized spacial score (nSPS) is 11.6. The monoisotopic (exact) mass is 344 g/mol. The fraction of sp³-hybridized carbons (Fsp3) is 0.263. The highest BCUT2D eigenvalue weighted by atomic mass is 19.1. The topological polar surface area (TPSA) is 60.9 Å². The molecule has 6 heteroatoms. The van der Waals surface area contributed by atoms with Gasteiger partial charge in [-0.05, 0) is 36.8 Å². The van der Waals surface area contributed by atoms with Crippen LogP contribution in [0.25, 0.3) is 0 Å². The van der Waals surface area contributed by atoms with E-state index in [0.29, 0.717) is 5.69 Å². The molecule has 0 radical (unpaired) electrons. The van der Waals surface area contributed by atoms with E-state index < -0.39 is 5.97 Å². The van der Waals surface area contributed by atoms with Crippen molar-refractivity contribution < 1.29 is 19.1 Å². The van der Waals surface area contributed by atoms with Crippen molar-refractivity contribution >= 4 is 17.6 Å². The number of rotatable bonds is 7. The molecule has 0 heterocycles. The van der Waals surface area contributed by atoms with Crippen molar-refractivity contribution in [2.75, 3.05) is 25.0 Å². The van der Waals surface area contributed by atoms with Crippen LogP contribution >= 0.6 is 0 Å². The van der Waals surface area contributed by atoms with Gasteiger partial charge in [0.2, 0.25) is 5.91 Å². The zero-order valence-corrected chi connectivity index (χ0v) is 14.2. The number of para-hydroxylation sites is 1. The summed E-state index contributed by atoms with van der Waals surface area (Å²) in [6.07, 6.45) is 0. The maximum atomic E-state index is 13.0. The highest BCUT2D eigenvalue weighted by molar-refractivity contribution is 5.84. The summed E-state index contributed by atoms with van der Waals surface area (Å²) in [5.74, 6) is -1.56. The van der Waals surface area contributed by atoms with Gasteiger partial charge < -0.3 is 14.9 Å². The molecule has 0 aliphatic heterocycles. The molecule has 0 saturated carbocycles. The van der Waals surface area contributed by atoms with Gasteiger partial charge in [-0.3, -0.25) is 9.59 Å². The predicted octanol–water partition coefficient (Wildman–Crippen LogP) is 2.94. The van der Waals surface area contributed by atoms with Gasteiger partial charge in [0.1, 0.15) is 12.4 Å². The number of benzene rings is 2. The summed E-state index contributed by atoms with van der Waals surface area (Å²) in [7, 11) is 1.65. The fourth-order valence-electron chi connectivity index (χ4n) is 2.50. The molecule has 0 bridgehead atoms. The number of carbonyl (C=O) groups is 2. The zero-order valence-electron chi connectivity index (χ0n) is 14.2. The first-order valence-corrected chi connectivity index (χ1v) is 7.91. The molecule has 1 unspecified atom stereocenters. The molecule has 132 valence electrons. The Balaban J connectivity index is 2.11. The Kier molecular flexibility index (Phi) is 6.11. The Morgan fingerprint density at radius 1 is 1.04 bits per heavy atom. The van der Waals surface area contributed by atoms with E-state index in [1.54, 1.807) is 43.4 Å². The summed E-state index contributed by atoms with van der Waals surface area (Å²) >= 11 is 0. The van der Waals surface area contributed by atoms with Crippen LogP contribution in [-0.2, 0) is 9.59 Å². The standard InChI is InChI=1S/C19H21FN2O3/c1-14(15-8-10-16(20)11-9-15)21(2)18(23)12-22(13-19(24)25)17-6-4-3-5-7-17/h3-11,14H,12-13H2,1-2H3,(H,24,25). The maximum Gasteiger partial charge on any atom is 0.323 e. The van der Waals surface area contributed by atoms with Crippen molar-refractivity contribution in [3.05, 3.63) is 66.0 Å². The lowest BCUT2D eigenvalue weighted by Crippen LogP contribution is -2.41. The molecule has 2 rings (SSSR count). The van der Waals surface area contributed by atoms with Crippen LogP contribution in [0.5, 0.6) is 0 Å². The quantitative estimate of drug-likeness (QED) is 0.839. The van der Waals surface area contributed by atoms with E-state index in [0.717, 1.165) is 5.56 Å². The van der Waals surface area contributed by atoms with Gasteiger partial charge in [0.05, 0.1) is 12.6 Å². The van der Waals surface area contributed by atoms with Crippen molar-refractivity contribution in [2.45, 2.75) is 13.0 Å². The van der Waals surface area contributed by atoms with Gasteiger partial charge in [0.25, 0.3) is 0 Å². The number of aliphatic carboxylic acids is 1. The van der Waals surface area contributed by atoms with E-state index in [1.807, 2.05) is 13.0 Å². The van der Waals surface area contributed by atoms with Gasteiger partial charge >= 0.3 is 5.97 Å². The molecule has 0 aliphatic rings. The molecule has 2 aromatic carbocycles. The first-order chi connectivity index (χ1) is 11.9. The minimum atomic E-state index is -1.01. The van der Waals surface area contributed by atoms with E-state index in [2.05, 4.69) is 0 Å². The lowest BCUT2D eigenvalue weighted by Gasteiger charge is -2.29. The van der Waals surface area contributed by atoms with Crippen LogP contribution in [0, 0.1) is 5.82 Å². The Bertz CT molecular complexity index is 719. The van der Waals surface area contributed by atoms with Crippen molar-refractivity contribution in [3.8, 4) is 0 Å². The largest absolute Gasteiger partial charge is 0.480 e. The minimum absolute atomic E-state index is 0.0572. The number of anilines is 1. The van der Waals surface area contributed by atoms with E-state index in [1.165, 1.54) is 21.9 Å². The number of halogens is 1. The second-order valence-corrected chi connectivity index (χ2v) is 5.82. The number of carboxylic acids is 1. The van der Waals surface area contributed by atoms with Gasteiger partial charge in [-0.25, -0.2) is 4.39 Å². The number of nitrogens with zero attached hydrogens (tertiary/aromatic N) is 2. The summed E-state index contributed by atoms with van der Waals surface area (Å²) in [5.41, 5.74) is 1.47. The smallest absolute Gasteiger partial charge is 0.323 e. The Labute approximate surface area is 146 Å². The van der Waals surface area contributed by atoms with Gasteiger partial charge in [0, 0.05) is 12.7 Å². The number of hydrogen-bond donors (Lipinski definition) is 1. The average Bonchev–Trinajstić information content (AvgIpc) is 2.61. The van der Waals surface area contributed by atoms with Crippen molar-refractivity contribution in [3.63, 3.8) is 0 Å². The van der Waals surface area contributed by atoms with E-state index in [-0.39, 0.29) is 30.9 Å². The van der Waals surface area contributed by atoms with Gasteiger partial charge in [-0.2, -0.15) is 0 Å². The van der Waals surface area contributed by atoms with E-state index in [9.17, 15) is 14.0 Å². The lowest BCUT2D eigenvalue weighted by atomic mass is 10.1. The molecule has 5 nitrogen and oxygen atoms in total. The van der Waals surface area contributed by atoms with Crippen LogP contribution in [0.15, 0.2) is 54.6 Å². The van der Waals surface area contributed by atoms with Crippen LogP contribution in [0.3, 0.4) is 0 Å². The molecule has 0 saturated heterocycles. The molecule has 0 fully saturated rings. The Morgan fingerprint density at radius 3 is 2.20 bits per heavy atom. The van der Waals surface area contributed by atoms with Gasteiger partial charge in [-0.1, -0.05) is 30.3 Å². The van der Waals surface area contributed by atoms with Crippen LogP contribution in [0.1, 0.15) is 18.5 Å². The summed E-state index contributed by atoms with van der Waals surface area (Å²) < 4.78 is 13.0. The summed E-state index contributed by atoms with van der Waals surface area (Å²) in [6.45, 7) is 1.52. The molecule has 1 atom stereocenters. The summed E-state index contributed by atoms with van der Waals surface area (Å²) in [4.78, 5) is 26.8. The van der Waals surface area contributed by atoms with E-state index >= 15 is 0 Å². The molecular weight excluding hydrogens is 323 g/mol. The highest BCUT2D eigenvalue weighted by Crippen LogP contribution is 2.20. The van der Waals surface area contributed by atoms with Crippen LogP contribution in [-0.4, -0.2) is 42.0 Å². The molecule has 25 heavy (non-hydrogen) atoms. The third kappa shape index (κ3) is 5.04. The first kappa shape index (κ1) is 18.4. The number of hydrogen-bond acceptors (Lipinski definition) is 3. The molecule has 1 N–H and O–H groups in total. The number of amides is 1. The second-order valence-electron chi connectivity index (χ2n) is 5.82. The number of likely N-dealkylation sites (N-methyl/N-ethyl adjacent to an activating group) is 1. The average molecular weight is 344 g/mol. The third-order valence-electron chi connectivity index (χ3n) is 4.10. The zero-order chi connectivity index (χ0) is 18.4. The molecular formula is C19H21FN2O3. The van der Waals surface area contributed by atoms with Crippen LogP contribution in [0.2, 0.25) is 0 Å².